The Hall–Kier alpha value is -4.00. The minimum Gasteiger partial charge on any atom is -0.480 e. The van der Waals surface area contributed by atoms with Gasteiger partial charge >= 0.3 is 0 Å². The number of ether oxygens (including phenoxy) is 1. The Morgan fingerprint density at radius 1 is 1.06 bits per heavy atom. The molecule has 2 aromatic carbocycles. The van der Waals surface area contributed by atoms with Crippen molar-refractivity contribution in [1.29, 1.82) is 0 Å². The molecule has 0 amide bonds. The number of aromatic nitrogens is 4. The molecule has 152 valence electrons. The molecule has 2 aromatic heterocycles. The summed E-state index contributed by atoms with van der Waals surface area (Å²) in [5, 5.41) is 7.95. The minimum atomic E-state index is -0.430. The highest BCUT2D eigenvalue weighted by molar-refractivity contribution is 5.85. The largest absolute Gasteiger partial charge is 0.480 e. The average Bonchev–Trinajstić information content (AvgIpc) is 3.27. The third-order valence-corrected chi connectivity index (χ3v) is 5.74. The third kappa shape index (κ3) is 2.81. The molecular weight excluding hydrogens is 393 g/mol. The lowest BCUT2D eigenvalue weighted by Gasteiger charge is -2.39. The lowest BCUT2D eigenvalue weighted by Crippen LogP contribution is -2.32. The summed E-state index contributed by atoms with van der Waals surface area (Å²) in [6.45, 7) is 2.05. The number of pyridine rings is 1. The second-order valence-electron chi connectivity index (χ2n) is 7.72. The molecule has 0 unspecified atom stereocenters. The van der Waals surface area contributed by atoms with Crippen molar-refractivity contribution in [2.75, 3.05) is 5.32 Å². The van der Waals surface area contributed by atoms with Gasteiger partial charge in [0.2, 0.25) is 5.95 Å². The van der Waals surface area contributed by atoms with Crippen LogP contribution in [-0.4, -0.2) is 19.7 Å². The molecule has 0 spiro atoms. The number of aryl methyl sites for hydroxylation is 1. The fourth-order valence-corrected chi connectivity index (χ4v) is 4.35. The second kappa shape index (κ2) is 6.77. The SMILES string of the molecule is Cc1ccc2c(c1)C1=C([C@H](c3ccc(F)cc3)O2)[C@@H](c2cccnc2)n2ncnc2N1. The lowest BCUT2D eigenvalue weighted by atomic mass is 9.85. The number of nitrogens with one attached hydrogen (secondary N) is 1. The van der Waals surface area contributed by atoms with Gasteiger partial charge in [0, 0.05) is 23.5 Å². The Morgan fingerprint density at radius 2 is 1.94 bits per heavy atom. The fraction of sp³-hybridized carbons (Fsp3) is 0.125. The molecule has 6 nitrogen and oxygen atoms in total. The number of hydrogen-bond donors (Lipinski definition) is 1. The smallest absolute Gasteiger partial charge is 0.226 e. The van der Waals surface area contributed by atoms with Gasteiger partial charge in [-0.05, 0) is 48.4 Å². The standard InChI is InChI=1S/C24H18FN5O/c1-14-4-9-19-18(11-14)21-20(23(31-19)15-5-7-17(25)8-6-15)22(16-3-2-10-26-12-16)30-24(29-21)27-13-28-30/h2-13,22-23H,1H3,(H,27,28,29)/t22-,23+/m1/s1. The van der Waals surface area contributed by atoms with Crippen molar-refractivity contribution in [2.45, 2.75) is 19.1 Å². The summed E-state index contributed by atoms with van der Waals surface area (Å²) in [7, 11) is 0. The van der Waals surface area contributed by atoms with E-state index in [1.54, 1.807) is 18.3 Å². The van der Waals surface area contributed by atoms with Crippen molar-refractivity contribution >= 4 is 11.6 Å². The van der Waals surface area contributed by atoms with Crippen LogP contribution in [0.1, 0.15) is 34.4 Å². The van der Waals surface area contributed by atoms with E-state index < -0.39 is 6.10 Å². The fourth-order valence-electron chi connectivity index (χ4n) is 4.35. The van der Waals surface area contributed by atoms with Gasteiger partial charge in [0.05, 0.1) is 5.70 Å². The van der Waals surface area contributed by atoms with Crippen LogP contribution in [0.5, 0.6) is 5.75 Å². The van der Waals surface area contributed by atoms with Crippen LogP contribution in [-0.2, 0) is 0 Å². The average molecular weight is 411 g/mol. The molecule has 2 aliphatic heterocycles. The zero-order chi connectivity index (χ0) is 20.9. The molecule has 6 rings (SSSR count). The summed E-state index contributed by atoms with van der Waals surface area (Å²) in [6.07, 6.45) is 4.69. The van der Waals surface area contributed by atoms with Crippen molar-refractivity contribution in [1.82, 2.24) is 19.7 Å². The normalized spacial score (nSPS) is 19.0. The first-order valence-electron chi connectivity index (χ1n) is 10.0. The van der Waals surface area contributed by atoms with Crippen LogP contribution >= 0.6 is 0 Å². The van der Waals surface area contributed by atoms with E-state index in [1.165, 1.54) is 18.5 Å². The zero-order valence-electron chi connectivity index (χ0n) is 16.7. The van der Waals surface area contributed by atoms with Gasteiger partial charge in [-0.2, -0.15) is 10.1 Å². The number of anilines is 1. The third-order valence-electron chi connectivity index (χ3n) is 5.74. The van der Waals surface area contributed by atoms with Crippen LogP contribution in [0.3, 0.4) is 0 Å². The van der Waals surface area contributed by atoms with Gasteiger partial charge in [-0.1, -0.05) is 29.8 Å². The monoisotopic (exact) mass is 411 g/mol. The second-order valence-corrected chi connectivity index (χ2v) is 7.72. The highest BCUT2D eigenvalue weighted by atomic mass is 19.1. The molecule has 7 heteroatoms. The maximum Gasteiger partial charge on any atom is 0.226 e. The lowest BCUT2D eigenvalue weighted by molar-refractivity contribution is 0.223. The summed E-state index contributed by atoms with van der Waals surface area (Å²) in [5.74, 6) is 1.14. The van der Waals surface area contributed by atoms with E-state index in [0.717, 1.165) is 39.3 Å². The molecule has 4 aromatic rings. The summed E-state index contributed by atoms with van der Waals surface area (Å²) < 4.78 is 22.0. The Kier molecular flexibility index (Phi) is 3.89. The molecule has 0 radical (unpaired) electrons. The molecule has 0 saturated carbocycles. The van der Waals surface area contributed by atoms with Crippen molar-refractivity contribution in [3.05, 3.63) is 107 Å². The van der Waals surface area contributed by atoms with E-state index in [4.69, 9.17) is 4.74 Å². The topological polar surface area (TPSA) is 64.9 Å². The Labute approximate surface area is 178 Å². The molecule has 1 N–H and O–H groups in total. The molecule has 0 bridgehead atoms. The summed E-state index contributed by atoms with van der Waals surface area (Å²) in [6, 6.07) is 16.2. The maximum atomic E-state index is 13.7. The molecule has 2 aliphatic rings. The van der Waals surface area contributed by atoms with Crippen LogP contribution in [0.15, 0.2) is 78.9 Å². The van der Waals surface area contributed by atoms with Gasteiger partial charge in [0.15, 0.2) is 0 Å². The van der Waals surface area contributed by atoms with Crippen LogP contribution < -0.4 is 10.1 Å². The van der Waals surface area contributed by atoms with E-state index in [2.05, 4.69) is 33.4 Å². The first-order chi connectivity index (χ1) is 15.2. The van der Waals surface area contributed by atoms with Crippen LogP contribution in [0.25, 0.3) is 5.70 Å². The van der Waals surface area contributed by atoms with E-state index in [0.29, 0.717) is 5.95 Å². The van der Waals surface area contributed by atoms with E-state index in [1.807, 2.05) is 35.1 Å². The summed E-state index contributed by atoms with van der Waals surface area (Å²) in [4.78, 5) is 8.75. The Morgan fingerprint density at radius 3 is 2.74 bits per heavy atom. The van der Waals surface area contributed by atoms with Crippen LogP contribution in [0.4, 0.5) is 10.3 Å². The predicted octanol–water partition coefficient (Wildman–Crippen LogP) is 4.68. The van der Waals surface area contributed by atoms with Gasteiger partial charge < -0.3 is 10.1 Å². The van der Waals surface area contributed by atoms with Crippen LogP contribution in [0, 0.1) is 12.7 Å². The first-order valence-corrected chi connectivity index (χ1v) is 10.0. The molecule has 31 heavy (non-hydrogen) atoms. The predicted molar refractivity (Wildman–Crippen MR) is 114 cm³/mol. The van der Waals surface area contributed by atoms with E-state index in [-0.39, 0.29) is 11.9 Å². The molecule has 4 heterocycles. The number of nitrogens with zero attached hydrogens (tertiary/aromatic N) is 4. The molecular formula is C24H18FN5O. The van der Waals surface area contributed by atoms with Gasteiger partial charge in [-0.3, -0.25) is 4.98 Å². The Bertz CT molecular complexity index is 1310. The van der Waals surface area contributed by atoms with Crippen molar-refractivity contribution in [2.24, 2.45) is 0 Å². The van der Waals surface area contributed by atoms with Gasteiger partial charge in [-0.25, -0.2) is 9.07 Å². The van der Waals surface area contributed by atoms with Gasteiger partial charge in [-0.15, -0.1) is 0 Å². The molecule has 0 fully saturated rings. The molecule has 0 saturated heterocycles. The zero-order valence-corrected chi connectivity index (χ0v) is 16.7. The van der Waals surface area contributed by atoms with Gasteiger partial charge in [0.25, 0.3) is 0 Å². The van der Waals surface area contributed by atoms with Crippen molar-refractivity contribution < 1.29 is 9.13 Å². The highest BCUT2D eigenvalue weighted by Gasteiger charge is 2.41. The van der Waals surface area contributed by atoms with Crippen molar-refractivity contribution in [3.63, 3.8) is 0 Å². The van der Waals surface area contributed by atoms with Crippen LogP contribution in [0.2, 0.25) is 0 Å². The quantitative estimate of drug-likeness (QED) is 0.519. The number of rotatable bonds is 2. The van der Waals surface area contributed by atoms with Crippen molar-refractivity contribution in [3.8, 4) is 5.75 Å². The minimum absolute atomic E-state index is 0.272. The van der Waals surface area contributed by atoms with Gasteiger partial charge in [0.1, 0.15) is 30.0 Å². The highest BCUT2D eigenvalue weighted by Crippen LogP contribution is 2.50. The molecule has 0 aliphatic carbocycles. The Balaban J connectivity index is 1.64. The molecule has 2 atom stereocenters. The number of hydrogen-bond acceptors (Lipinski definition) is 5. The first kappa shape index (κ1) is 17.8. The number of fused-ring (bicyclic) bond motifs is 3. The maximum absolute atomic E-state index is 13.7. The summed E-state index contributed by atoms with van der Waals surface area (Å²) in [5.41, 5.74) is 5.84. The number of benzene rings is 2. The van der Waals surface area contributed by atoms with E-state index in [9.17, 15) is 4.39 Å². The number of halogens is 1. The summed E-state index contributed by atoms with van der Waals surface area (Å²) >= 11 is 0. The van der Waals surface area contributed by atoms with E-state index >= 15 is 0 Å².